The van der Waals surface area contributed by atoms with Crippen molar-refractivity contribution in [2.75, 3.05) is 0 Å². The molecule has 0 bridgehead atoms. The summed E-state index contributed by atoms with van der Waals surface area (Å²) in [5.74, 6) is 0. The lowest BCUT2D eigenvalue weighted by Crippen LogP contribution is -2.44. The number of hydrogen-bond donors (Lipinski definition) is 0. The molecule has 4 nitrogen and oxygen atoms in total. The summed E-state index contributed by atoms with van der Waals surface area (Å²) in [7, 11) is -3.09. The van der Waals surface area contributed by atoms with Crippen molar-refractivity contribution in [3.63, 3.8) is 0 Å². The summed E-state index contributed by atoms with van der Waals surface area (Å²) in [4.78, 5) is 9.56. The van der Waals surface area contributed by atoms with Crippen molar-refractivity contribution in [1.29, 1.82) is 0 Å². The molecule has 1 aliphatic heterocycles. The lowest BCUT2D eigenvalue weighted by atomic mass is 9.97. The zero-order valence-corrected chi connectivity index (χ0v) is 4.29. The highest BCUT2D eigenvalue weighted by Gasteiger charge is 2.40. The van der Waals surface area contributed by atoms with Crippen molar-refractivity contribution in [3.8, 4) is 0 Å². The van der Waals surface area contributed by atoms with Crippen LogP contribution in [0.4, 0.5) is 0 Å². The largest absolute Gasteiger partial charge is 0.732 e. The average Bonchev–Trinajstić information content (AvgIpc) is 1.58. The van der Waals surface area contributed by atoms with Crippen LogP contribution in [0.15, 0.2) is 0 Å². The summed E-state index contributed by atoms with van der Waals surface area (Å²) in [5, 5.41) is 0. The molecular formula is CHBO4Si. The van der Waals surface area contributed by atoms with Crippen LogP contribution in [0.3, 0.4) is 0 Å². The Bertz CT molecular complexity index is 104. The Kier molecular flexibility index (Phi) is 0.936. The normalized spacial score (nSPS) is 16.6. The fraction of sp³-hybridized carbons (Fsp3) is 0. The average molecular weight is 116 g/mol. The second kappa shape index (κ2) is 1.45. The molecule has 1 aliphatic rings. The summed E-state index contributed by atoms with van der Waals surface area (Å²) < 4.78 is 18.3. The first-order valence-electron chi connectivity index (χ1n) is 1.65. The fourth-order valence-corrected chi connectivity index (χ4v) is 0.762. The summed E-state index contributed by atoms with van der Waals surface area (Å²) in [6.07, 6.45) is 0.450. The quantitative estimate of drug-likeness (QED) is 0.316. The monoisotopic (exact) mass is 116 g/mol. The van der Waals surface area contributed by atoms with Crippen molar-refractivity contribution in [2.24, 2.45) is 0 Å². The summed E-state index contributed by atoms with van der Waals surface area (Å²) in [6, 6.07) is 0. The molecule has 0 aliphatic carbocycles. The molecule has 0 aromatic heterocycles. The van der Waals surface area contributed by atoms with Gasteiger partial charge in [-0.25, -0.2) is 0 Å². The molecule has 0 aromatic carbocycles. The third-order valence-electron chi connectivity index (χ3n) is 0.536. The lowest BCUT2D eigenvalue weighted by molar-refractivity contribution is 0.247. The molecule has 0 saturated carbocycles. The molecule has 0 amide bonds. The van der Waals surface area contributed by atoms with Gasteiger partial charge in [0, 0.05) is 0 Å². The maximum absolute atomic E-state index is 9.85. The van der Waals surface area contributed by atoms with Crippen LogP contribution in [0, 0.1) is 0 Å². The zero-order chi connectivity index (χ0) is 5.28. The van der Waals surface area contributed by atoms with Crippen LogP contribution >= 0.6 is 0 Å². The van der Waals surface area contributed by atoms with E-state index in [9.17, 15) is 9.26 Å². The highest BCUT2D eigenvalue weighted by atomic mass is 28.3. The van der Waals surface area contributed by atoms with Gasteiger partial charge in [0.05, 0.1) is 0 Å². The van der Waals surface area contributed by atoms with Gasteiger partial charge in [-0.2, -0.15) is 0 Å². The van der Waals surface area contributed by atoms with E-state index in [-0.39, 0.29) is 0 Å². The molecule has 36 valence electrons. The number of carbonyl (C=O) groups excluding carboxylic acids is 1. The Labute approximate surface area is 41.5 Å². The van der Waals surface area contributed by atoms with Gasteiger partial charge >= 0.3 is 16.3 Å². The van der Waals surface area contributed by atoms with E-state index in [0.717, 1.165) is 0 Å². The van der Waals surface area contributed by atoms with E-state index < -0.39 is 16.3 Å². The van der Waals surface area contributed by atoms with Gasteiger partial charge in [0.15, 0.2) is 6.19 Å². The highest BCUT2D eigenvalue weighted by Crippen LogP contribution is 1.97. The van der Waals surface area contributed by atoms with E-state index in [0.29, 0.717) is 6.19 Å². The summed E-state index contributed by atoms with van der Waals surface area (Å²) >= 11 is 0. The van der Waals surface area contributed by atoms with E-state index in [1.807, 2.05) is 0 Å². The first-order chi connectivity index (χ1) is 3.33. The molecular weight excluding hydrogens is 115 g/mol. The zero-order valence-electron chi connectivity index (χ0n) is 3.29. The minimum atomic E-state index is -2.23. The smallest absolute Gasteiger partial charge is 0.532 e. The van der Waals surface area contributed by atoms with Gasteiger partial charge in [-0.05, 0) is 0 Å². The Balaban J connectivity index is 2.29. The Morgan fingerprint density at radius 3 is 2.29 bits per heavy atom. The molecule has 0 radical (unpaired) electrons. The van der Waals surface area contributed by atoms with Gasteiger partial charge in [-0.1, -0.05) is 0 Å². The topological polar surface area (TPSA) is 52.6 Å². The van der Waals surface area contributed by atoms with Crippen LogP contribution < -0.4 is 0 Å². The fourth-order valence-electron chi connectivity index (χ4n) is 0.254. The molecule has 0 aromatic rings. The first-order valence-corrected chi connectivity index (χ1v) is 2.88. The molecule has 1 rings (SSSR count). The summed E-state index contributed by atoms with van der Waals surface area (Å²) in [6.45, 7) is 0. The number of rotatable bonds is 1. The van der Waals surface area contributed by atoms with E-state index >= 15 is 0 Å². The minimum absolute atomic E-state index is 0.450. The van der Waals surface area contributed by atoms with Crippen LogP contribution in [-0.4, -0.2) is 22.5 Å². The molecule has 7 heavy (non-hydrogen) atoms. The Morgan fingerprint density at radius 2 is 2.14 bits per heavy atom. The maximum atomic E-state index is 9.85. The van der Waals surface area contributed by atoms with E-state index in [1.54, 1.807) is 0 Å². The van der Waals surface area contributed by atoms with Crippen LogP contribution in [0.2, 0.25) is 0 Å². The van der Waals surface area contributed by atoms with Crippen molar-refractivity contribution in [2.45, 2.75) is 0 Å². The van der Waals surface area contributed by atoms with Crippen molar-refractivity contribution in [1.82, 2.24) is 0 Å². The van der Waals surface area contributed by atoms with Gasteiger partial charge in [-0.3, -0.25) is 4.46 Å². The Morgan fingerprint density at radius 1 is 1.57 bits per heavy atom. The number of hydrogen-bond acceptors (Lipinski definition) is 4. The van der Waals surface area contributed by atoms with Crippen molar-refractivity contribution in [3.05, 3.63) is 0 Å². The molecule has 1 heterocycles. The van der Waals surface area contributed by atoms with Crippen LogP contribution in [-0.2, 0) is 17.9 Å². The van der Waals surface area contributed by atoms with Gasteiger partial charge in [0.25, 0.3) is 0 Å². The molecule has 0 unspecified atom stereocenters. The minimum Gasteiger partial charge on any atom is -0.532 e. The van der Waals surface area contributed by atoms with E-state index in [1.165, 1.54) is 0 Å². The lowest BCUT2D eigenvalue weighted by Gasteiger charge is -2.16. The molecule has 0 atom stereocenters. The van der Waals surface area contributed by atoms with Gasteiger partial charge in [0.1, 0.15) is 0 Å². The second-order valence-electron chi connectivity index (χ2n) is 0.990. The Hall–Kier alpha value is -0.648. The standard InChI is InChI=1S/CHBO4Si/c3-1-2-5-7(4)6-2/h1H. The van der Waals surface area contributed by atoms with Crippen LogP contribution in [0.25, 0.3) is 0 Å². The molecule has 1 fully saturated rings. The van der Waals surface area contributed by atoms with Gasteiger partial charge in [-0.15, -0.1) is 0 Å². The third-order valence-corrected chi connectivity index (χ3v) is 1.39. The van der Waals surface area contributed by atoms with Crippen molar-refractivity contribution >= 4 is 22.5 Å². The van der Waals surface area contributed by atoms with Gasteiger partial charge in [0.2, 0.25) is 0 Å². The predicted octanol–water partition coefficient (Wildman–Crippen LogP) is -1.29. The predicted molar refractivity (Wildman–Crippen MR) is 21.1 cm³/mol. The van der Waals surface area contributed by atoms with E-state index in [2.05, 4.69) is 8.69 Å². The van der Waals surface area contributed by atoms with Crippen molar-refractivity contribution < 1.29 is 17.9 Å². The third kappa shape index (κ3) is 0.687. The molecule has 0 N–H and O–H groups in total. The SMILES string of the molecule is O=CB1O[Si](=O)O1. The summed E-state index contributed by atoms with van der Waals surface area (Å²) in [5.41, 5.74) is 0. The van der Waals surface area contributed by atoms with E-state index in [4.69, 9.17) is 0 Å². The molecule has 6 heteroatoms. The second-order valence-corrected chi connectivity index (χ2v) is 1.96. The highest BCUT2D eigenvalue weighted by molar-refractivity contribution is 6.85. The molecule has 1 saturated heterocycles. The first kappa shape index (κ1) is 4.51. The molecule has 0 spiro atoms. The van der Waals surface area contributed by atoms with Gasteiger partial charge < -0.3 is 13.5 Å². The van der Waals surface area contributed by atoms with Crippen LogP contribution in [0.1, 0.15) is 0 Å². The number of carbonyl (C=O) groups is 1. The maximum Gasteiger partial charge on any atom is 0.732 e. The van der Waals surface area contributed by atoms with Crippen LogP contribution in [0.5, 0.6) is 0 Å².